The molecular weight excluding hydrogens is 813 g/mol. The Morgan fingerprint density at radius 2 is 0.891 bits per heavy atom. The predicted octanol–water partition coefficient (Wildman–Crippen LogP) is 18.0. The zero-order chi connectivity index (χ0) is 42.1. The van der Waals surface area contributed by atoms with E-state index in [9.17, 15) is 0 Å². The van der Waals surface area contributed by atoms with Crippen molar-refractivity contribution in [3.05, 3.63) is 231 Å². The van der Waals surface area contributed by atoms with Crippen molar-refractivity contribution in [2.24, 2.45) is 0 Å². The Bertz CT molecular complexity index is 3880. The second-order valence-corrected chi connectivity index (χ2v) is 18.6. The smallest absolute Gasteiger partial charge is 0.0561 e. The van der Waals surface area contributed by atoms with E-state index in [-0.39, 0.29) is 0 Å². The van der Waals surface area contributed by atoms with Gasteiger partial charge in [-0.3, -0.25) is 0 Å². The molecule has 3 heterocycles. The number of aromatic nitrogens is 1. The lowest BCUT2D eigenvalue weighted by Crippen LogP contribution is -2.10. The topological polar surface area (TPSA) is 8.17 Å². The monoisotopic (exact) mass is 850 g/mol. The number of anilines is 3. The molecule has 0 aliphatic carbocycles. The van der Waals surface area contributed by atoms with Crippen LogP contribution in [0.15, 0.2) is 231 Å². The number of rotatable bonds is 7. The first-order valence-electron chi connectivity index (χ1n) is 21.7. The molecule has 0 bridgehead atoms. The van der Waals surface area contributed by atoms with Gasteiger partial charge >= 0.3 is 0 Å². The van der Waals surface area contributed by atoms with E-state index in [1.54, 1.807) is 0 Å². The summed E-state index contributed by atoms with van der Waals surface area (Å²) in [5, 5.41) is 7.53. The molecule has 0 radical (unpaired) electrons. The van der Waals surface area contributed by atoms with Gasteiger partial charge in [-0.2, -0.15) is 0 Å². The molecule has 3 aromatic heterocycles. The Balaban J connectivity index is 1.11. The van der Waals surface area contributed by atoms with Crippen LogP contribution in [0.5, 0.6) is 0 Å². The average Bonchev–Trinajstić information content (AvgIpc) is 4.04. The summed E-state index contributed by atoms with van der Waals surface area (Å²) in [5.74, 6) is 0. The molecule has 0 aliphatic heterocycles. The van der Waals surface area contributed by atoms with Gasteiger partial charge in [0.25, 0.3) is 0 Å². The standard InChI is InChI=1S/C60H38N2S2/c1-5-15-39(16-6-1)42-26-33-56-51(35-42)52-37-45(28-34-57(52)63-56)61(46-27-30-49-48-23-13-14-24-53(48)62(55(49)38-46)44-21-11-4-12-22-44)54-32-31-47(41-19-9-3-10-20-41)60-59(54)50-29-25-43(36-58(50)64-60)40-17-7-2-8-18-40/h1-38H. The van der Waals surface area contributed by atoms with Crippen LogP contribution in [-0.4, -0.2) is 4.57 Å². The number of hydrogen-bond donors (Lipinski definition) is 0. The molecule has 0 unspecified atom stereocenters. The number of benzene rings is 10. The first kappa shape index (κ1) is 36.9. The first-order chi connectivity index (χ1) is 31.7. The van der Waals surface area contributed by atoms with Crippen molar-refractivity contribution >= 4 is 102 Å². The fraction of sp³-hybridized carbons (Fsp3) is 0. The van der Waals surface area contributed by atoms with E-state index in [2.05, 4.69) is 240 Å². The van der Waals surface area contributed by atoms with Crippen LogP contribution in [0.25, 0.3) is 101 Å². The van der Waals surface area contributed by atoms with Crippen LogP contribution in [0.1, 0.15) is 0 Å². The van der Waals surface area contributed by atoms with Crippen molar-refractivity contribution in [2.75, 3.05) is 4.90 Å². The second-order valence-electron chi connectivity index (χ2n) is 16.5. The normalized spacial score (nSPS) is 11.8. The van der Waals surface area contributed by atoms with Gasteiger partial charge in [0.05, 0.1) is 16.7 Å². The van der Waals surface area contributed by atoms with E-state index < -0.39 is 0 Å². The molecule has 300 valence electrons. The Morgan fingerprint density at radius 1 is 0.328 bits per heavy atom. The summed E-state index contributed by atoms with van der Waals surface area (Å²) in [6, 6.07) is 84.7. The van der Waals surface area contributed by atoms with Crippen molar-refractivity contribution in [3.8, 4) is 39.1 Å². The summed E-state index contributed by atoms with van der Waals surface area (Å²) >= 11 is 3.76. The quantitative estimate of drug-likeness (QED) is 0.155. The minimum absolute atomic E-state index is 1.10. The lowest BCUT2D eigenvalue weighted by atomic mass is 9.98. The maximum absolute atomic E-state index is 2.52. The van der Waals surface area contributed by atoms with Gasteiger partial charge in [-0.25, -0.2) is 0 Å². The van der Waals surface area contributed by atoms with Gasteiger partial charge in [-0.1, -0.05) is 158 Å². The van der Waals surface area contributed by atoms with E-state index in [1.807, 2.05) is 22.7 Å². The molecule has 4 heteroatoms. The van der Waals surface area contributed by atoms with E-state index in [0.717, 1.165) is 22.7 Å². The first-order valence-corrected chi connectivity index (χ1v) is 23.4. The second kappa shape index (κ2) is 15.0. The van der Waals surface area contributed by atoms with Crippen LogP contribution in [0.2, 0.25) is 0 Å². The number of nitrogens with zero attached hydrogens (tertiary/aromatic N) is 2. The zero-order valence-electron chi connectivity index (χ0n) is 34.7. The van der Waals surface area contributed by atoms with Crippen LogP contribution >= 0.6 is 22.7 Å². The molecule has 0 fully saturated rings. The Kier molecular flexibility index (Phi) is 8.61. The maximum Gasteiger partial charge on any atom is 0.0561 e. The summed E-state index contributed by atoms with van der Waals surface area (Å²) < 4.78 is 7.55. The van der Waals surface area contributed by atoms with Gasteiger partial charge in [0.15, 0.2) is 0 Å². The van der Waals surface area contributed by atoms with E-state index in [4.69, 9.17) is 0 Å². The number of fused-ring (bicyclic) bond motifs is 9. The average molecular weight is 851 g/mol. The molecule has 0 spiro atoms. The molecule has 0 saturated carbocycles. The predicted molar refractivity (Wildman–Crippen MR) is 278 cm³/mol. The van der Waals surface area contributed by atoms with Gasteiger partial charge in [0.1, 0.15) is 0 Å². The molecule has 0 atom stereocenters. The molecular formula is C60H38N2S2. The molecule has 10 aromatic carbocycles. The summed E-state index contributed by atoms with van der Waals surface area (Å²) in [5.41, 5.74) is 14.2. The van der Waals surface area contributed by atoms with Crippen LogP contribution in [0, 0.1) is 0 Å². The van der Waals surface area contributed by atoms with Crippen LogP contribution in [-0.2, 0) is 0 Å². The molecule has 13 aromatic rings. The van der Waals surface area contributed by atoms with Crippen LogP contribution < -0.4 is 4.90 Å². The molecule has 2 nitrogen and oxygen atoms in total. The summed E-state index contributed by atoms with van der Waals surface area (Å²) in [6.07, 6.45) is 0. The highest BCUT2D eigenvalue weighted by molar-refractivity contribution is 7.26. The largest absolute Gasteiger partial charge is 0.310 e. The molecule has 13 rings (SSSR count). The maximum atomic E-state index is 2.52. The van der Waals surface area contributed by atoms with Gasteiger partial charge in [-0.05, 0) is 106 Å². The van der Waals surface area contributed by atoms with Gasteiger partial charge in [0.2, 0.25) is 0 Å². The van der Waals surface area contributed by atoms with E-state index in [0.29, 0.717) is 0 Å². The van der Waals surface area contributed by atoms with Crippen LogP contribution in [0.4, 0.5) is 17.1 Å². The third-order valence-electron chi connectivity index (χ3n) is 12.8. The van der Waals surface area contributed by atoms with Crippen molar-refractivity contribution in [2.45, 2.75) is 0 Å². The van der Waals surface area contributed by atoms with E-state index in [1.165, 1.54) is 95.5 Å². The van der Waals surface area contributed by atoms with Crippen LogP contribution in [0.3, 0.4) is 0 Å². The minimum atomic E-state index is 1.10. The highest BCUT2D eigenvalue weighted by Gasteiger charge is 2.24. The third-order valence-corrected chi connectivity index (χ3v) is 15.1. The summed E-state index contributed by atoms with van der Waals surface area (Å²) in [4.78, 5) is 2.52. The summed E-state index contributed by atoms with van der Waals surface area (Å²) in [6.45, 7) is 0. The highest BCUT2D eigenvalue weighted by Crippen LogP contribution is 2.50. The fourth-order valence-corrected chi connectivity index (χ4v) is 12.2. The molecule has 64 heavy (non-hydrogen) atoms. The number of thiophene rings is 2. The highest BCUT2D eigenvalue weighted by atomic mass is 32.1. The SMILES string of the molecule is c1ccc(-c2ccc3c(c2)sc2c(-c4ccccc4)ccc(N(c4ccc5sc6ccc(-c7ccccc7)cc6c5c4)c4ccc5c6ccccc6n(-c6ccccc6)c5c4)c23)cc1. The van der Waals surface area contributed by atoms with Crippen molar-refractivity contribution in [1.82, 2.24) is 4.57 Å². The molecule has 0 aliphatic rings. The van der Waals surface area contributed by atoms with E-state index >= 15 is 0 Å². The van der Waals surface area contributed by atoms with Gasteiger partial charge < -0.3 is 9.47 Å². The Hall–Kier alpha value is -7.76. The minimum Gasteiger partial charge on any atom is -0.310 e. The fourth-order valence-electron chi connectivity index (χ4n) is 9.80. The molecule has 0 N–H and O–H groups in total. The third kappa shape index (κ3) is 5.99. The van der Waals surface area contributed by atoms with Crippen molar-refractivity contribution in [3.63, 3.8) is 0 Å². The van der Waals surface area contributed by atoms with Crippen molar-refractivity contribution < 1.29 is 0 Å². The summed E-state index contributed by atoms with van der Waals surface area (Å²) in [7, 11) is 0. The number of para-hydroxylation sites is 2. The Morgan fingerprint density at radius 3 is 1.64 bits per heavy atom. The molecule has 0 amide bonds. The Labute approximate surface area is 378 Å². The molecule has 0 saturated heterocycles. The van der Waals surface area contributed by atoms with Gasteiger partial charge in [0, 0.05) is 68.2 Å². The zero-order valence-corrected chi connectivity index (χ0v) is 36.3. The lowest BCUT2D eigenvalue weighted by molar-refractivity contribution is 1.18. The van der Waals surface area contributed by atoms with Gasteiger partial charge in [-0.15, -0.1) is 22.7 Å². The number of hydrogen-bond acceptors (Lipinski definition) is 3. The van der Waals surface area contributed by atoms with Crippen molar-refractivity contribution in [1.29, 1.82) is 0 Å². The lowest BCUT2D eigenvalue weighted by Gasteiger charge is -2.27.